The molecular weight excluding hydrogens is 179 g/mol. The molecule has 1 rings (SSSR count). The average molecular weight is 190 g/mol. The normalized spacial score (nSPS) is 9.45. The SMILES string of the molecule is C.Fc1ccc(C(S)S)cc1. The summed E-state index contributed by atoms with van der Waals surface area (Å²) in [6.45, 7) is 0. The fraction of sp³-hybridized carbons (Fsp3) is 0.250. The summed E-state index contributed by atoms with van der Waals surface area (Å²) < 4.78 is 12.2. The molecule has 0 heterocycles. The minimum Gasteiger partial charge on any atom is -0.207 e. The van der Waals surface area contributed by atoms with E-state index >= 15 is 0 Å². The number of benzene rings is 1. The van der Waals surface area contributed by atoms with Gasteiger partial charge in [0.05, 0.1) is 4.58 Å². The highest BCUT2D eigenvalue weighted by Gasteiger charge is 1.98. The van der Waals surface area contributed by atoms with Crippen molar-refractivity contribution in [3.05, 3.63) is 35.6 Å². The van der Waals surface area contributed by atoms with Gasteiger partial charge in [-0.1, -0.05) is 19.6 Å². The monoisotopic (exact) mass is 190 g/mol. The van der Waals surface area contributed by atoms with Crippen LogP contribution in [0.25, 0.3) is 0 Å². The van der Waals surface area contributed by atoms with Crippen LogP contribution in [0.1, 0.15) is 17.6 Å². The smallest absolute Gasteiger partial charge is 0.123 e. The maximum absolute atomic E-state index is 12.3. The highest BCUT2D eigenvalue weighted by atomic mass is 32.2. The average Bonchev–Trinajstić information content (AvgIpc) is 1.88. The Morgan fingerprint density at radius 2 is 1.55 bits per heavy atom. The van der Waals surface area contributed by atoms with Crippen LogP contribution < -0.4 is 0 Å². The second-order valence-electron chi connectivity index (χ2n) is 1.93. The number of rotatable bonds is 1. The molecule has 3 heteroatoms. The number of hydrogen-bond donors (Lipinski definition) is 2. The third-order valence-electron chi connectivity index (χ3n) is 1.17. The maximum Gasteiger partial charge on any atom is 0.123 e. The first-order valence-corrected chi connectivity index (χ1v) is 3.85. The quantitative estimate of drug-likeness (QED) is 0.492. The zero-order chi connectivity index (χ0) is 7.56. The van der Waals surface area contributed by atoms with Gasteiger partial charge in [-0.2, -0.15) is 25.3 Å². The predicted octanol–water partition coefficient (Wildman–Crippen LogP) is 3.32. The van der Waals surface area contributed by atoms with Gasteiger partial charge < -0.3 is 0 Å². The Hall–Kier alpha value is -0.150. The van der Waals surface area contributed by atoms with Crippen molar-refractivity contribution < 1.29 is 4.39 Å². The third-order valence-corrected chi connectivity index (χ3v) is 1.76. The Bertz CT molecular complexity index is 206. The van der Waals surface area contributed by atoms with E-state index in [1.54, 1.807) is 12.1 Å². The summed E-state index contributed by atoms with van der Waals surface area (Å²) >= 11 is 8.13. The lowest BCUT2D eigenvalue weighted by atomic mass is 10.2. The molecule has 0 aliphatic rings. The summed E-state index contributed by atoms with van der Waals surface area (Å²) in [5.41, 5.74) is 0.910. The zero-order valence-electron chi connectivity index (χ0n) is 5.16. The first-order valence-electron chi connectivity index (χ1n) is 2.82. The predicted molar refractivity (Wildman–Crippen MR) is 53.8 cm³/mol. The Morgan fingerprint density at radius 1 is 1.09 bits per heavy atom. The van der Waals surface area contributed by atoms with E-state index in [1.807, 2.05) is 0 Å². The molecule has 0 aromatic heterocycles. The van der Waals surface area contributed by atoms with Crippen molar-refractivity contribution in [3.8, 4) is 0 Å². The molecule has 0 fully saturated rings. The maximum atomic E-state index is 12.3. The molecule has 0 bridgehead atoms. The van der Waals surface area contributed by atoms with Crippen LogP contribution in [0.2, 0.25) is 0 Å². The Kier molecular flexibility index (Phi) is 4.61. The standard InChI is InChI=1S/C7H7FS2.CH4/c8-6-3-1-5(2-4-6)7(9)10;/h1-4,7,9-10H;1H4. The number of halogens is 1. The molecule has 0 unspecified atom stereocenters. The highest BCUT2D eigenvalue weighted by Crippen LogP contribution is 2.22. The Labute approximate surface area is 77.6 Å². The highest BCUT2D eigenvalue weighted by molar-refractivity contribution is 7.98. The van der Waals surface area contributed by atoms with Gasteiger partial charge in [-0.05, 0) is 17.7 Å². The van der Waals surface area contributed by atoms with E-state index in [0.717, 1.165) is 5.56 Å². The number of hydrogen-bond acceptors (Lipinski definition) is 2. The molecule has 0 aliphatic carbocycles. The molecule has 0 aliphatic heterocycles. The fourth-order valence-corrected chi connectivity index (χ4v) is 0.979. The first-order chi connectivity index (χ1) is 4.70. The van der Waals surface area contributed by atoms with Crippen LogP contribution in [0, 0.1) is 5.82 Å². The molecule has 0 spiro atoms. The van der Waals surface area contributed by atoms with Crippen molar-refractivity contribution in [2.45, 2.75) is 12.0 Å². The van der Waals surface area contributed by atoms with Crippen LogP contribution in [0.3, 0.4) is 0 Å². The lowest BCUT2D eigenvalue weighted by Crippen LogP contribution is -1.80. The van der Waals surface area contributed by atoms with Crippen LogP contribution >= 0.6 is 25.3 Å². The summed E-state index contributed by atoms with van der Waals surface area (Å²) in [6, 6.07) is 6.13. The van der Waals surface area contributed by atoms with Gasteiger partial charge in [0.2, 0.25) is 0 Å². The molecule has 0 saturated heterocycles. The van der Waals surface area contributed by atoms with Gasteiger partial charge in [-0.25, -0.2) is 4.39 Å². The minimum atomic E-state index is -0.230. The molecular formula is C8H11FS2. The molecule has 0 N–H and O–H groups in total. The van der Waals surface area contributed by atoms with E-state index in [-0.39, 0.29) is 17.8 Å². The van der Waals surface area contributed by atoms with Gasteiger partial charge in [0, 0.05) is 0 Å². The Balaban J connectivity index is 0.000001000. The van der Waals surface area contributed by atoms with Crippen molar-refractivity contribution in [2.24, 2.45) is 0 Å². The summed E-state index contributed by atoms with van der Waals surface area (Å²) in [5.74, 6) is -0.230. The fourth-order valence-electron chi connectivity index (χ4n) is 0.635. The molecule has 0 atom stereocenters. The summed E-state index contributed by atoms with van der Waals surface area (Å²) in [4.78, 5) is 0. The van der Waals surface area contributed by atoms with Crippen LogP contribution in [-0.2, 0) is 0 Å². The van der Waals surface area contributed by atoms with Crippen LogP contribution in [-0.4, -0.2) is 0 Å². The van der Waals surface area contributed by atoms with Gasteiger partial charge in [-0.3, -0.25) is 0 Å². The number of thiol groups is 2. The van der Waals surface area contributed by atoms with E-state index < -0.39 is 0 Å². The van der Waals surface area contributed by atoms with Crippen molar-refractivity contribution in [3.63, 3.8) is 0 Å². The van der Waals surface area contributed by atoms with E-state index in [2.05, 4.69) is 25.3 Å². The van der Waals surface area contributed by atoms with Gasteiger partial charge in [0.15, 0.2) is 0 Å². The molecule has 1 aromatic rings. The second kappa shape index (κ2) is 4.67. The van der Waals surface area contributed by atoms with E-state index in [9.17, 15) is 4.39 Å². The van der Waals surface area contributed by atoms with E-state index in [4.69, 9.17) is 0 Å². The largest absolute Gasteiger partial charge is 0.207 e. The summed E-state index contributed by atoms with van der Waals surface area (Å²) in [6.07, 6.45) is 0. The van der Waals surface area contributed by atoms with Crippen molar-refractivity contribution in [1.29, 1.82) is 0 Å². The topological polar surface area (TPSA) is 0 Å². The first kappa shape index (κ1) is 10.8. The van der Waals surface area contributed by atoms with Gasteiger partial charge >= 0.3 is 0 Å². The molecule has 0 saturated carbocycles. The van der Waals surface area contributed by atoms with Gasteiger partial charge in [0.25, 0.3) is 0 Å². The molecule has 11 heavy (non-hydrogen) atoms. The Morgan fingerprint density at radius 3 is 1.91 bits per heavy atom. The van der Waals surface area contributed by atoms with Crippen molar-refractivity contribution in [2.75, 3.05) is 0 Å². The lowest BCUT2D eigenvalue weighted by Gasteiger charge is -2.01. The van der Waals surface area contributed by atoms with Crippen molar-refractivity contribution >= 4 is 25.3 Å². The molecule has 0 radical (unpaired) electrons. The second-order valence-corrected chi connectivity index (χ2v) is 3.37. The molecule has 1 aromatic carbocycles. The molecule has 0 nitrogen and oxygen atoms in total. The van der Waals surface area contributed by atoms with E-state index in [0.29, 0.717) is 0 Å². The van der Waals surface area contributed by atoms with Crippen molar-refractivity contribution in [1.82, 2.24) is 0 Å². The molecule has 0 amide bonds. The molecule has 62 valence electrons. The lowest BCUT2D eigenvalue weighted by molar-refractivity contribution is 0.627. The van der Waals surface area contributed by atoms with E-state index in [1.165, 1.54) is 12.1 Å². The summed E-state index contributed by atoms with van der Waals surface area (Å²) in [7, 11) is 0. The van der Waals surface area contributed by atoms with Crippen LogP contribution in [0.4, 0.5) is 4.39 Å². The van der Waals surface area contributed by atoms with Gasteiger partial charge in [-0.15, -0.1) is 0 Å². The minimum absolute atomic E-state index is 0. The van der Waals surface area contributed by atoms with Crippen LogP contribution in [0.15, 0.2) is 24.3 Å². The third kappa shape index (κ3) is 3.16. The summed E-state index contributed by atoms with van der Waals surface area (Å²) in [5, 5.41) is 0. The zero-order valence-corrected chi connectivity index (χ0v) is 6.95. The van der Waals surface area contributed by atoms with Gasteiger partial charge in [0.1, 0.15) is 5.82 Å². The van der Waals surface area contributed by atoms with Crippen LogP contribution in [0.5, 0.6) is 0 Å².